The number of rotatable bonds is 10. The van der Waals surface area contributed by atoms with Crippen molar-refractivity contribution in [3.05, 3.63) is 39.4 Å². The molecule has 2 rings (SSSR count). The Hall–Kier alpha value is -1.68. The van der Waals surface area contributed by atoms with Crippen LogP contribution in [-0.2, 0) is 22.2 Å². The Bertz CT molecular complexity index is 778. The molecule has 0 atom stereocenters. The van der Waals surface area contributed by atoms with Crippen LogP contribution in [0.5, 0.6) is 0 Å². The predicted molar refractivity (Wildman–Crippen MR) is 110 cm³/mol. The van der Waals surface area contributed by atoms with E-state index in [1.165, 1.54) is 0 Å². The Balaban J connectivity index is 2.32. The first-order valence-corrected chi connectivity index (χ1v) is 10.1. The summed E-state index contributed by atoms with van der Waals surface area (Å²) in [5, 5.41) is 3.34. The summed E-state index contributed by atoms with van der Waals surface area (Å²) < 4.78 is 51.0. The zero-order chi connectivity index (χ0) is 21.6. The molecule has 0 aliphatic rings. The van der Waals surface area contributed by atoms with Gasteiger partial charge in [0.2, 0.25) is 0 Å². The number of ether oxygens (including phenoxy) is 2. The van der Waals surface area contributed by atoms with Crippen molar-refractivity contribution in [3.8, 4) is 0 Å². The Kier molecular flexibility index (Phi) is 8.45. The number of methoxy groups -OCH3 is 2. The number of nitrogens with zero attached hydrogens (tertiary/aromatic N) is 2. The van der Waals surface area contributed by atoms with Crippen LogP contribution >= 0.6 is 11.3 Å². The summed E-state index contributed by atoms with van der Waals surface area (Å²) in [5.41, 5.74) is 2.99. The van der Waals surface area contributed by atoms with Crippen LogP contribution in [0.1, 0.15) is 27.3 Å². The maximum absolute atomic E-state index is 13.6. The highest BCUT2D eigenvalue weighted by atomic mass is 32.1. The number of nitrogens with one attached hydrogen (secondary N) is 1. The topological polar surface area (TPSA) is 46.6 Å². The molecule has 0 saturated heterocycles. The number of anilines is 2. The van der Waals surface area contributed by atoms with Crippen LogP contribution in [0, 0.1) is 20.8 Å². The van der Waals surface area contributed by atoms with E-state index in [0.717, 1.165) is 33.7 Å². The van der Waals surface area contributed by atoms with Crippen molar-refractivity contribution >= 4 is 22.2 Å². The standard InChI is InChI=1S/C20H28F3N3O2S/c1-13-10-14(2)17(15(3)11-13)24-19-25-18(20(21,22)23)16(29-19)12-26(6-8-27-4)7-9-28-5/h10-11H,6-9,12H2,1-5H3,(H,24,25). The highest BCUT2D eigenvalue weighted by Crippen LogP contribution is 2.38. The quantitative estimate of drug-likeness (QED) is 0.578. The third-order valence-electron chi connectivity index (χ3n) is 4.47. The van der Waals surface area contributed by atoms with Gasteiger partial charge in [-0.15, -0.1) is 0 Å². The Morgan fingerprint density at radius 1 is 1.03 bits per heavy atom. The summed E-state index contributed by atoms with van der Waals surface area (Å²) in [5.74, 6) is 0. The van der Waals surface area contributed by atoms with Crippen molar-refractivity contribution in [2.75, 3.05) is 45.8 Å². The van der Waals surface area contributed by atoms with Gasteiger partial charge >= 0.3 is 6.18 Å². The first-order chi connectivity index (χ1) is 13.7. The van der Waals surface area contributed by atoms with Gasteiger partial charge in [0, 0.05) is 39.5 Å². The minimum atomic E-state index is -4.52. The molecule has 0 aliphatic carbocycles. The highest BCUT2D eigenvalue weighted by Gasteiger charge is 2.38. The fourth-order valence-corrected chi connectivity index (χ4v) is 4.16. The van der Waals surface area contributed by atoms with Crippen LogP contribution < -0.4 is 5.32 Å². The van der Waals surface area contributed by atoms with Gasteiger partial charge in [-0.25, -0.2) is 4.98 Å². The average molecular weight is 432 g/mol. The minimum Gasteiger partial charge on any atom is -0.383 e. The van der Waals surface area contributed by atoms with Gasteiger partial charge < -0.3 is 14.8 Å². The number of aryl methyl sites for hydroxylation is 3. The molecular weight excluding hydrogens is 403 g/mol. The molecule has 9 heteroatoms. The molecule has 0 spiro atoms. The Morgan fingerprint density at radius 3 is 2.07 bits per heavy atom. The molecule has 1 aromatic heterocycles. The van der Waals surface area contributed by atoms with E-state index in [1.807, 2.05) is 37.8 Å². The largest absolute Gasteiger partial charge is 0.434 e. The van der Waals surface area contributed by atoms with Crippen molar-refractivity contribution in [2.24, 2.45) is 0 Å². The van der Waals surface area contributed by atoms with Crippen LogP contribution in [0.15, 0.2) is 12.1 Å². The maximum atomic E-state index is 13.6. The van der Waals surface area contributed by atoms with Gasteiger partial charge in [0.1, 0.15) is 0 Å². The molecule has 1 aromatic carbocycles. The summed E-state index contributed by atoms with van der Waals surface area (Å²) in [6.45, 7) is 7.85. The lowest BCUT2D eigenvalue weighted by Gasteiger charge is -2.21. The monoisotopic (exact) mass is 431 g/mol. The van der Waals surface area contributed by atoms with E-state index < -0.39 is 11.9 Å². The molecule has 0 fully saturated rings. The first-order valence-electron chi connectivity index (χ1n) is 9.27. The minimum absolute atomic E-state index is 0.132. The fraction of sp³-hybridized carbons (Fsp3) is 0.550. The average Bonchev–Trinajstić information content (AvgIpc) is 3.03. The van der Waals surface area contributed by atoms with E-state index in [2.05, 4.69) is 10.3 Å². The lowest BCUT2D eigenvalue weighted by atomic mass is 10.1. The van der Waals surface area contributed by atoms with Gasteiger partial charge in [-0.1, -0.05) is 29.0 Å². The van der Waals surface area contributed by atoms with E-state index in [-0.39, 0.29) is 16.6 Å². The van der Waals surface area contributed by atoms with Gasteiger partial charge in [-0.05, 0) is 31.9 Å². The number of alkyl halides is 3. The van der Waals surface area contributed by atoms with Gasteiger partial charge in [0.05, 0.1) is 18.1 Å². The number of hydrogen-bond acceptors (Lipinski definition) is 6. The molecule has 0 radical (unpaired) electrons. The molecule has 0 saturated carbocycles. The van der Waals surface area contributed by atoms with Gasteiger partial charge in [0.25, 0.3) is 0 Å². The second-order valence-corrected chi connectivity index (χ2v) is 8.03. The summed E-state index contributed by atoms with van der Waals surface area (Å²) in [6, 6.07) is 3.98. The third kappa shape index (κ3) is 6.67. The molecule has 0 aliphatic heterocycles. The maximum Gasteiger partial charge on any atom is 0.434 e. The van der Waals surface area contributed by atoms with E-state index in [4.69, 9.17) is 9.47 Å². The molecule has 0 bridgehead atoms. The molecular formula is C20H28F3N3O2S. The fourth-order valence-electron chi connectivity index (χ4n) is 3.13. The van der Waals surface area contributed by atoms with Crippen LogP contribution in [0.3, 0.4) is 0 Å². The number of thiazole rings is 1. The number of aromatic nitrogens is 1. The van der Waals surface area contributed by atoms with Crippen molar-refractivity contribution in [3.63, 3.8) is 0 Å². The van der Waals surface area contributed by atoms with Crippen molar-refractivity contribution in [1.82, 2.24) is 9.88 Å². The van der Waals surface area contributed by atoms with E-state index in [9.17, 15) is 13.2 Å². The zero-order valence-electron chi connectivity index (χ0n) is 17.4. The molecule has 1 heterocycles. The molecule has 1 N–H and O–H groups in total. The number of benzene rings is 1. The van der Waals surface area contributed by atoms with Crippen LogP contribution in [-0.4, -0.2) is 50.4 Å². The molecule has 162 valence electrons. The van der Waals surface area contributed by atoms with Crippen molar-refractivity contribution in [2.45, 2.75) is 33.5 Å². The summed E-state index contributed by atoms with van der Waals surface area (Å²) in [6.07, 6.45) is -4.52. The molecule has 29 heavy (non-hydrogen) atoms. The molecule has 2 aromatic rings. The van der Waals surface area contributed by atoms with Crippen LogP contribution in [0.2, 0.25) is 0 Å². The Labute approximate surface area is 173 Å². The van der Waals surface area contributed by atoms with E-state index >= 15 is 0 Å². The van der Waals surface area contributed by atoms with Gasteiger partial charge in [-0.2, -0.15) is 13.2 Å². The number of halogens is 3. The summed E-state index contributed by atoms with van der Waals surface area (Å²) in [4.78, 5) is 5.94. The second kappa shape index (κ2) is 10.4. The lowest BCUT2D eigenvalue weighted by molar-refractivity contribution is -0.141. The molecule has 0 unspecified atom stereocenters. The Morgan fingerprint density at radius 2 is 1.59 bits per heavy atom. The summed E-state index contributed by atoms with van der Waals surface area (Å²) >= 11 is 1.03. The third-order valence-corrected chi connectivity index (χ3v) is 5.42. The number of hydrogen-bond donors (Lipinski definition) is 1. The van der Waals surface area contributed by atoms with Crippen LogP contribution in [0.4, 0.5) is 24.0 Å². The summed E-state index contributed by atoms with van der Waals surface area (Å²) in [7, 11) is 3.13. The normalized spacial score (nSPS) is 12.0. The van der Waals surface area contributed by atoms with Crippen molar-refractivity contribution in [1.29, 1.82) is 0 Å². The smallest absolute Gasteiger partial charge is 0.383 e. The lowest BCUT2D eigenvalue weighted by Crippen LogP contribution is -2.30. The van der Waals surface area contributed by atoms with Crippen molar-refractivity contribution < 1.29 is 22.6 Å². The van der Waals surface area contributed by atoms with E-state index in [1.54, 1.807) is 14.2 Å². The van der Waals surface area contributed by atoms with Crippen LogP contribution in [0.25, 0.3) is 0 Å². The second-order valence-electron chi connectivity index (χ2n) is 6.95. The van der Waals surface area contributed by atoms with Gasteiger partial charge in [0.15, 0.2) is 10.8 Å². The van der Waals surface area contributed by atoms with E-state index in [0.29, 0.717) is 26.3 Å². The predicted octanol–water partition coefficient (Wildman–Crippen LogP) is 4.93. The zero-order valence-corrected chi connectivity index (χ0v) is 18.3. The highest BCUT2D eigenvalue weighted by molar-refractivity contribution is 7.15. The SMILES string of the molecule is COCCN(CCOC)Cc1sc(Nc2c(C)cc(C)cc2C)nc1C(F)(F)F. The van der Waals surface area contributed by atoms with Gasteiger partial charge in [-0.3, -0.25) is 4.90 Å². The molecule has 5 nitrogen and oxygen atoms in total. The first kappa shape index (κ1) is 23.6. The molecule has 0 amide bonds.